The number of likely N-dealkylation sites (N-methyl/N-ethyl adjacent to an activating group) is 1. The van der Waals surface area contributed by atoms with Gasteiger partial charge in [0, 0.05) is 14.1 Å². The Hall–Kier alpha value is -0.590. The van der Waals surface area contributed by atoms with E-state index in [1.165, 1.54) is 4.90 Å². The second-order valence-electron chi connectivity index (χ2n) is 4.71. The monoisotopic (exact) mass is 420 g/mol. The fraction of sp³-hybridized carbons (Fsp3) is 0.385. The molecule has 0 spiro atoms. The third kappa shape index (κ3) is 4.94. The molecule has 5 nitrogen and oxygen atoms in total. The first-order chi connectivity index (χ1) is 10.6. The van der Waals surface area contributed by atoms with Crippen LogP contribution in [0.3, 0.4) is 0 Å². The van der Waals surface area contributed by atoms with Crippen LogP contribution in [0.15, 0.2) is 0 Å². The van der Waals surface area contributed by atoms with Crippen molar-refractivity contribution in [2.24, 2.45) is 0 Å². The Morgan fingerprint density at radius 1 is 1.00 bits per heavy atom. The van der Waals surface area contributed by atoms with Gasteiger partial charge in [-0.1, -0.05) is 58.0 Å². The molecule has 0 saturated carbocycles. The van der Waals surface area contributed by atoms with Crippen LogP contribution in [0.25, 0.3) is 0 Å². The van der Waals surface area contributed by atoms with Crippen LogP contribution in [0.4, 0.5) is 0 Å². The van der Waals surface area contributed by atoms with Crippen LogP contribution >= 0.6 is 58.0 Å². The van der Waals surface area contributed by atoms with Gasteiger partial charge in [0.25, 0.3) is 5.91 Å². The fourth-order valence-corrected chi connectivity index (χ4v) is 2.81. The maximum absolute atomic E-state index is 11.8. The van der Waals surface area contributed by atoms with Gasteiger partial charge in [-0.3, -0.25) is 9.59 Å². The molecule has 10 heteroatoms. The van der Waals surface area contributed by atoms with Crippen molar-refractivity contribution in [1.82, 2.24) is 10.2 Å². The Labute approximate surface area is 158 Å². The Kier molecular flexibility index (Phi) is 7.55. The van der Waals surface area contributed by atoms with E-state index in [-0.39, 0.29) is 36.8 Å². The average molecular weight is 423 g/mol. The molecular formula is C13H13Cl5N2O3. The van der Waals surface area contributed by atoms with E-state index in [0.717, 1.165) is 0 Å². The van der Waals surface area contributed by atoms with Crippen LogP contribution in [0, 0.1) is 0 Å². The molecule has 0 aromatic heterocycles. The standard InChI is InChI=1S/C13H13Cl5N2O3/c1-5(13(22)20(2)3)19-6(21)4-23-12-10(17)8(15)7(14)9(16)11(12)18/h5H,4H2,1-3H3,(H,19,21). The number of ether oxygens (including phenoxy) is 1. The summed E-state index contributed by atoms with van der Waals surface area (Å²) in [5.74, 6) is -0.858. The molecule has 1 atom stereocenters. The highest BCUT2D eigenvalue weighted by molar-refractivity contribution is 6.55. The number of nitrogens with one attached hydrogen (secondary N) is 1. The Morgan fingerprint density at radius 2 is 1.43 bits per heavy atom. The molecule has 1 aromatic carbocycles. The van der Waals surface area contributed by atoms with Crippen molar-refractivity contribution in [3.05, 3.63) is 25.1 Å². The summed E-state index contributed by atoms with van der Waals surface area (Å²) >= 11 is 29.6. The molecule has 0 bridgehead atoms. The van der Waals surface area contributed by atoms with Crippen molar-refractivity contribution in [3.8, 4) is 5.75 Å². The molecule has 0 aliphatic rings. The first kappa shape index (κ1) is 20.5. The zero-order valence-electron chi connectivity index (χ0n) is 12.3. The molecule has 1 rings (SSSR count). The minimum atomic E-state index is -0.704. The third-order valence-electron chi connectivity index (χ3n) is 2.71. The SMILES string of the molecule is CC(NC(=O)COc1c(Cl)c(Cl)c(Cl)c(Cl)c1Cl)C(=O)N(C)C. The Morgan fingerprint density at radius 3 is 1.87 bits per heavy atom. The van der Waals surface area contributed by atoms with Crippen LogP contribution in [-0.4, -0.2) is 43.5 Å². The maximum Gasteiger partial charge on any atom is 0.258 e. The zero-order chi connectivity index (χ0) is 17.9. The van der Waals surface area contributed by atoms with Crippen LogP contribution < -0.4 is 10.1 Å². The number of hydrogen-bond donors (Lipinski definition) is 1. The van der Waals surface area contributed by atoms with Crippen molar-refractivity contribution < 1.29 is 14.3 Å². The van der Waals surface area contributed by atoms with Crippen LogP contribution in [0.5, 0.6) is 5.75 Å². The van der Waals surface area contributed by atoms with Gasteiger partial charge in [0.15, 0.2) is 12.4 Å². The highest BCUT2D eigenvalue weighted by Gasteiger charge is 2.22. The van der Waals surface area contributed by atoms with E-state index < -0.39 is 18.6 Å². The molecule has 23 heavy (non-hydrogen) atoms. The summed E-state index contributed by atoms with van der Waals surface area (Å²) < 4.78 is 5.26. The van der Waals surface area contributed by atoms with E-state index in [0.29, 0.717) is 0 Å². The summed E-state index contributed by atoms with van der Waals surface area (Å²) in [7, 11) is 3.16. The number of carbonyl (C=O) groups excluding carboxylic acids is 2. The molecule has 128 valence electrons. The lowest BCUT2D eigenvalue weighted by Gasteiger charge is -2.18. The van der Waals surface area contributed by atoms with Gasteiger partial charge in [-0.05, 0) is 6.92 Å². The molecule has 0 aliphatic heterocycles. The van der Waals surface area contributed by atoms with E-state index >= 15 is 0 Å². The smallest absolute Gasteiger partial charge is 0.258 e. The summed E-state index contributed by atoms with van der Waals surface area (Å²) in [4.78, 5) is 24.9. The van der Waals surface area contributed by atoms with Crippen LogP contribution in [0.1, 0.15) is 6.92 Å². The lowest BCUT2D eigenvalue weighted by Crippen LogP contribution is -2.45. The van der Waals surface area contributed by atoms with Gasteiger partial charge in [-0.15, -0.1) is 0 Å². The molecule has 0 radical (unpaired) electrons. The van der Waals surface area contributed by atoms with E-state index in [9.17, 15) is 9.59 Å². The molecule has 1 N–H and O–H groups in total. The van der Waals surface area contributed by atoms with Gasteiger partial charge in [0.2, 0.25) is 5.91 Å². The summed E-state index contributed by atoms with van der Waals surface area (Å²) in [6.45, 7) is 1.12. The minimum absolute atomic E-state index is 0.00895. The summed E-state index contributed by atoms with van der Waals surface area (Å²) in [5, 5.41) is 2.28. The zero-order valence-corrected chi connectivity index (χ0v) is 16.1. The first-order valence-corrected chi connectivity index (χ1v) is 8.11. The van der Waals surface area contributed by atoms with Crippen molar-refractivity contribution in [2.45, 2.75) is 13.0 Å². The largest absolute Gasteiger partial charge is 0.481 e. The highest BCUT2D eigenvalue weighted by Crippen LogP contribution is 2.48. The summed E-state index contributed by atoms with van der Waals surface area (Å²) in [6.07, 6.45) is 0. The number of halogens is 5. The molecule has 0 fully saturated rings. The van der Waals surface area contributed by atoms with Gasteiger partial charge in [-0.25, -0.2) is 0 Å². The highest BCUT2D eigenvalue weighted by atomic mass is 35.5. The van der Waals surface area contributed by atoms with Gasteiger partial charge < -0.3 is 15.0 Å². The molecule has 0 saturated heterocycles. The first-order valence-electron chi connectivity index (χ1n) is 6.22. The number of hydrogen-bond acceptors (Lipinski definition) is 3. The number of benzene rings is 1. The lowest BCUT2D eigenvalue weighted by atomic mass is 10.3. The van der Waals surface area contributed by atoms with Crippen molar-refractivity contribution in [3.63, 3.8) is 0 Å². The van der Waals surface area contributed by atoms with Gasteiger partial charge in [-0.2, -0.15) is 0 Å². The molecule has 1 aromatic rings. The average Bonchev–Trinajstić information content (AvgIpc) is 2.49. The topological polar surface area (TPSA) is 58.6 Å². The summed E-state index contributed by atoms with van der Waals surface area (Å²) in [5.41, 5.74) is 0. The van der Waals surface area contributed by atoms with Crippen LogP contribution in [-0.2, 0) is 9.59 Å². The molecule has 1 unspecified atom stereocenters. The lowest BCUT2D eigenvalue weighted by molar-refractivity contribution is -0.134. The predicted molar refractivity (Wildman–Crippen MR) is 93.3 cm³/mol. The number of nitrogens with zero attached hydrogens (tertiary/aromatic N) is 1. The second kappa shape index (κ2) is 8.49. The summed E-state index contributed by atoms with van der Waals surface area (Å²) in [6, 6.07) is -0.704. The van der Waals surface area contributed by atoms with Crippen molar-refractivity contribution in [2.75, 3.05) is 20.7 Å². The van der Waals surface area contributed by atoms with Crippen LogP contribution in [0.2, 0.25) is 25.1 Å². The van der Waals surface area contributed by atoms with E-state index in [1.807, 2.05) is 0 Å². The van der Waals surface area contributed by atoms with Gasteiger partial charge >= 0.3 is 0 Å². The number of rotatable bonds is 5. The third-order valence-corrected chi connectivity index (χ3v) is 4.95. The van der Waals surface area contributed by atoms with Gasteiger partial charge in [0.05, 0.1) is 15.1 Å². The molecule has 0 heterocycles. The van der Waals surface area contributed by atoms with Gasteiger partial charge in [0.1, 0.15) is 16.1 Å². The van der Waals surface area contributed by atoms with E-state index in [4.69, 9.17) is 62.7 Å². The number of amides is 2. The quantitative estimate of drug-likeness (QED) is 0.578. The van der Waals surface area contributed by atoms with E-state index in [2.05, 4.69) is 5.32 Å². The maximum atomic E-state index is 11.8. The van der Waals surface area contributed by atoms with Crippen molar-refractivity contribution >= 4 is 69.8 Å². The molecule has 2 amide bonds. The molecule has 0 aliphatic carbocycles. The minimum Gasteiger partial charge on any atom is -0.481 e. The Balaban J connectivity index is 2.80. The second-order valence-corrected chi connectivity index (χ2v) is 6.60. The Bertz CT molecular complexity index is 608. The number of carbonyl (C=O) groups is 2. The predicted octanol–water partition coefficient (Wildman–Crippen LogP) is 3.93. The van der Waals surface area contributed by atoms with Crippen molar-refractivity contribution in [1.29, 1.82) is 0 Å². The molecular weight excluding hydrogens is 409 g/mol. The normalized spacial score (nSPS) is 11.8. The fourth-order valence-electron chi connectivity index (χ4n) is 1.58. The van der Waals surface area contributed by atoms with E-state index in [1.54, 1.807) is 21.0 Å².